The van der Waals surface area contributed by atoms with Crippen LogP contribution in [0.15, 0.2) is 218 Å². The van der Waals surface area contributed by atoms with Gasteiger partial charge < -0.3 is 43.6 Å². The standard InChI is InChI=1S/C87H111NO15/c1-11-13-15-17-19-21-23-25-27-29-31-33-35-37-39-41-43-45-53-59-71(90)98-69-61-70-85(63-97-70,101-66(5)89)76-78(100-80(94)68-57-51-48-52-58-68)86(96)62-87(102-79(93)64(3)74(67-55-49-47-50-56-67)88-81(95)103-82(6,7)8)65(4)73(84(86,87)10)75(77(92)83(69,76)9)99-72(91)60-54-46-44-42-40-38-36-34-32-30-28-26-24-22-20-18-16-14-12-2/h13-16,19-22,25-28,31-34,37-40,43-52,55-58,64,69-70,74-76,78,96H,11-12,17-18,23-24,29-30,35-36,41-42,53-54,59-63H2,1-10H3,(H,88,95)/b15-13-,16-14-,21-19-,22-20-,27-25-,28-26-,33-31-,34-32-,39-37-,40-38-,45-43-,46-44-/t64-,69+,70-,74?,75-,76+,78+,83-,84-,85+,86-,87?/m1/s1. The number of Topliss-reactive ketones (excluding diaryl/α,β-unsaturated/α-hetero) is 1. The van der Waals surface area contributed by atoms with Crippen LogP contribution in [0.5, 0.6) is 0 Å². The summed E-state index contributed by atoms with van der Waals surface area (Å²) < 4.78 is 44.8. The highest BCUT2D eigenvalue weighted by Gasteiger charge is 2.90. The number of alkyl carbamates (subject to hydrolysis) is 1. The Morgan fingerprint density at radius 3 is 1.48 bits per heavy atom. The first-order valence-corrected chi connectivity index (χ1v) is 37.0. The first-order valence-electron chi connectivity index (χ1n) is 37.0. The van der Waals surface area contributed by atoms with Crippen LogP contribution in [0.4, 0.5) is 4.79 Å². The van der Waals surface area contributed by atoms with Crippen molar-refractivity contribution >= 4 is 41.7 Å². The molecule has 1 aliphatic heterocycles. The Kier molecular flexibility index (Phi) is 31.1. The van der Waals surface area contributed by atoms with Crippen LogP contribution >= 0.6 is 0 Å². The maximum atomic E-state index is 16.8. The Bertz CT molecular complexity index is 3610. The van der Waals surface area contributed by atoms with Crippen LogP contribution in [-0.2, 0) is 57.1 Å². The number of nitrogens with one attached hydrogen (secondary N) is 1. The number of hydrogen-bond donors (Lipinski definition) is 2. The van der Waals surface area contributed by atoms with Crippen LogP contribution in [0.25, 0.3) is 0 Å². The highest BCUT2D eigenvalue weighted by molar-refractivity contribution is 5.97. The second-order valence-electron chi connectivity index (χ2n) is 28.5. The van der Waals surface area contributed by atoms with Gasteiger partial charge in [-0.2, -0.15) is 0 Å². The zero-order chi connectivity index (χ0) is 74.5. The molecule has 554 valence electrons. The number of allylic oxidation sites excluding steroid dienone is 24. The Hall–Kier alpha value is -8.73. The molecule has 7 rings (SSSR count). The van der Waals surface area contributed by atoms with Crippen molar-refractivity contribution in [3.05, 3.63) is 229 Å². The number of rotatable bonds is 38. The van der Waals surface area contributed by atoms with Gasteiger partial charge in [-0.25, -0.2) is 9.59 Å². The molecule has 5 aliphatic rings. The molecule has 3 saturated carbocycles. The Morgan fingerprint density at radius 2 is 1.05 bits per heavy atom. The quantitative estimate of drug-likeness (QED) is 0.0363. The van der Waals surface area contributed by atoms with E-state index in [0.717, 1.165) is 64.2 Å². The minimum atomic E-state index is -2.35. The largest absolute Gasteiger partial charge is 0.461 e. The molecule has 0 radical (unpaired) electrons. The molecule has 1 amide bonds. The third-order valence-electron chi connectivity index (χ3n) is 20.2. The fourth-order valence-electron chi connectivity index (χ4n) is 14.9. The maximum Gasteiger partial charge on any atom is 0.408 e. The zero-order valence-corrected chi connectivity index (χ0v) is 62.3. The van der Waals surface area contributed by atoms with Crippen LogP contribution in [0, 0.1) is 22.7 Å². The molecule has 16 nitrogen and oxygen atoms in total. The van der Waals surface area contributed by atoms with Gasteiger partial charge in [-0.3, -0.25) is 24.0 Å². The summed E-state index contributed by atoms with van der Waals surface area (Å²) in [6, 6.07) is 15.9. The van der Waals surface area contributed by atoms with Gasteiger partial charge in [0, 0.05) is 32.6 Å². The minimum absolute atomic E-state index is 0.0806. The third-order valence-corrected chi connectivity index (χ3v) is 20.2. The zero-order valence-electron chi connectivity index (χ0n) is 62.3. The average Bonchev–Trinajstić information content (AvgIpc) is 0.621. The van der Waals surface area contributed by atoms with Crippen molar-refractivity contribution in [1.29, 1.82) is 0 Å². The molecule has 2 unspecified atom stereocenters. The smallest absolute Gasteiger partial charge is 0.408 e. The summed E-state index contributed by atoms with van der Waals surface area (Å²) >= 11 is 0. The Balaban J connectivity index is 1.19. The first kappa shape index (κ1) is 81.6. The molecule has 1 heterocycles. The van der Waals surface area contributed by atoms with Crippen LogP contribution in [0.2, 0.25) is 0 Å². The SMILES string of the molecule is CC/C=C\C/C=C\C/C=C\C/C=C\C/C=C\C/C=C\CCC(=O)O[C@H]1C(=O)[C@]2(C)[C@@H](OC(=O)CC/C=C\C/C=C\C/C=C\C/C=C\C/C=C\C/C=C\CC)C[C@H]3OC[C@@]3(OC(C)=O)[C@H]2[C@H](OC(=O)c2ccccc2)[C@]2(O)CC3(OC(=O)[C@H](C)C(NC(=O)OC(C)(C)C)c4ccccc4)C(C)=C1[C@@]32C. The van der Waals surface area contributed by atoms with E-state index < -0.39 is 124 Å². The van der Waals surface area contributed by atoms with E-state index in [4.69, 9.17) is 33.2 Å². The van der Waals surface area contributed by atoms with Crippen molar-refractivity contribution in [2.45, 2.75) is 238 Å². The van der Waals surface area contributed by atoms with Crippen molar-refractivity contribution in [3.8, 4) is 0 Å². The van der Waals surface area contributed by atoms with Gasteiger partial charge in [0.1, 0.15) is 35.1 Å². The van der Waals surface area contributed by atoms with Crippen molar-refractivity contribution in [3.63, 3.8) is 0 Å². The van der Waals surface area contributed by atoms with Gasteiger partial charge in [0.25, 0.3) is 0 Å². The third kappa shape index (κ3) is 20.6. The second kappa shape index (κ2) is 39.2. The number of esters is 5. The lowest BCUT2D eigenvalue weighted by Gasteiger charge is -2.78. The highest BCUT2D eigenvalue weighted by Crippen LogP contribution is 2.78. The average molecular weight is 1410 g/mol. The molecule has 0 aromatic heterocycles. The number of aliphatic hydroxyl groups is 1. The summed E-state index contributed by atoms with van der Waals surface area (Å²) in [7, 11) is 0. The number of carbonyl (C=O) groups excluding carboxylic acids is 7. The van der Waals surface area contributed by atoms with Crippen LogP contribution in [0.1, 0.15) is 207 Å². The van der Waals surface area contributed by atoms with Crippen molar-refractivity contribution < 1.29 is 71.8 Å². The van der Waals surface area contributed by atoms with E-state index in [-0.39, 0.29) is 55.4 Å². The number of ether oxygens (including phenoxy) is 7. The summed E-state index contributed by atoms with van der Waals surface area (Å²) in [5, 5.41) is 17.1. The fourth-order valence-corrected chi connectivity index (χ4v) is 14.9. The molecule has 0 spiro atoms. The molecule has 0 bridgehead atoms. The number of benzene rings is 2. The highest BCUT2D eigenvalue weighted by atomic mass is 16.6. The normalized spacial score (nSPS) is 26.8. The van der Waals surface area contributed by atoms with Crippen LogP contribution in [-0.4, -0.2) is 100 Å². The molecular formula is C87H111NO15. The van der Waals surface area contributed by atoms with Gasteiger partial charge >= 0.3 is 35.9 Å². The molecule has 4 fully saturated rings. The van der Waals surface area contributed by atoms with E-state index >= 15 is 9.59 Å². The number of carbonyl (C=O) groups is 7. The van der Waals surface area contributed by atoms with Crippen LogP contribution < -0.4 is 5.32 Å². The molecule has 2 aromatic rings. The van der Waals surface area contributed by atoms with Gasteiger partial charge in [-0.05, 0) is 167 Å². The molecule has 1 saturated heterocycles. The summed E-state index contributed by atoms with van der Waals surface area (Å²) in [5.41, 5.74) is -9.83. The van der Waals surface area contributed by atoms with Crippen molar-refractivity contribution in [2.24, 2.45) is 22.7 Å². The van der Waals surface area contributed by atoms with Crippen molar-refractivity contribution in [2.75, 3.05) is 6.61 Å². The number of fused-ring (bicyclic) bond motifs is 3. The predicted molar refractivity (Wildman–Crippen MR) is 403 cm³/mol. The number of amides is 1. The lowest BCUT2D eigenvalue weighted by molar-refractivity contribution is -0.376. The van der Waals surface area contributed by atoms with E-state index in [1.165, 1.54) is 26.0 Å². The molecule has 16 heteroatoms. The van der Waals surface area contributed by atoms with Crippen LogP contribution in [0.3, 0.4) is 0 Å². The van der Waals surface area contributed by atoms with Gasteiger partial charge in [-0.1, -0.05) is 208 Å². The van der Waals surface area contributed by atoms with E-state index in [9.17, 15) is 29.1 Å². The Morgan fingerprint density at radius 1 is 0.612 bits per heavy atom. The Labute approximate surface area is 611 Å². The number of ketones is 1. The number of hydrogen-bond acceptors (Lipinski definition) is 15. The summed E-state index contributed by atoms with van der Waals surface area (Å²) in [6.45, 7) is 16.6. The summed E-state index contributed by atoms with van der Waals surface area (Å²) in [4.78, 5) is 103. The lowest BCUT2D eigenvalue weighted by Crippen LogP contribution is -2.90. The fraction of sp³-hybridized carbons (Fsp3) is 0.483. The predicted octanol–water partition coefficient (Wildman–Crippen LogP) is 18.0. The van der Waals surface area contributed by atoms with E-state index in [1.54, 1.807) is 90.1 Å². The van der Waals surface area contributed by atoms with Gasteiger partial charge in [0.15, 0.2) is 17.5 Å². The molecule has 2 N–H and O–H groups in total. The van der Waals surface area contributed by atoms with E-state index in [0.29, 0.717) is 18.4 Å². The summed E-state index contributed by atoms with van der Waals surface area (Å²) in [5.74, 6) is -7.47. The molecule has 2 aromatic carbocycles. The lowest BCUT2D eigenvalue weighted by atomic mass is 9.30. The topological polar surface area (TPSA) is 216 Å². The van der Waals surface area contributed by atoms with Gasteiger partial charge in [0.05, 0.1) is 40.9 Å². The van der Waals surface area contributed by atoms with Crippen molar-refractivity contribution in [1.82, 2.24) is 5.32 Å². The monoisotopic (exact) mass is 1410 g/mol. The molecular weight excluding hydrogens is 1300 g/mol. The van der Waals surface area contributed by atoms with E-state index in [2.05, 4.69) is 129 Å². The summed E-state index contributed by atoms with van der Waals surface area (Å²) in [6.07, 6.45) is 53.1. The second-order valence-corrected chi connectivity index (χ2v) is 28.5. The molecule has 4 aliphatic carbocycles. The molecule has 103 heavy (non-hydrogen) atoms. The van der Waals surface area contributed by atoms with Gasteiger partial charge in [-0.15, -0.1) is 0 Å². The minimum Gasteiger partial charge on any atom is -0.461 e. The molecule has 12 atom stereocenters. The maximum absolute atomic E-state index is 16.8. The van der Waals surface area contributed by atoms with E-state index in [1.807, 2.05) is 36.5 Å². The van der Waals surface area contributed by atoms with Gasteiger partial charge in [0.2, 0.25) is 0 Å². The first-order chi connectivity index (χ1) is 49.5.